The zero-order valence-electron chi connectivity index (χ0n) is 18.8. The SMILES string of the molecule is COc1ccc([C@H](C)NC(=O)CN(Cc2ccccc2C)S(=O)(=O)c2ccc(Cl)cc2)cc1. The maximum absolute atomic E-state index is 13.4. The van der Waals surface area contributed by atoms with Crippen LogP contribution >= 0.6 is 11.6 Å². The second kappa shape index (κ2) is 10.8. The third-order valence-electron chi connectivity index (χ3n) is 5.37. The third kappa shape index (κ3) is 6.35. The van der Waals surface area contributed by atoms with Crippen molar-refractivity contribution in [3.8, 4) is 5.75 Å². The molecule has 1 N–H and O–H groups in total. The van der Waals surface area contributed by atoms with E-state index in [9.17, 15) is 13.2 Å². The van der Waals surface area contributed by atoms with E-state index < -0.39 is 15.9 Å². The van der Waals surface area contributed by atoms with Gasteiger partial charge < -0.3 is 10.1 Å². The van der Waals surface area contributed by atoms with E-state index in [-0.39, 0.29) is 24.0 Å². The van der Waals surface area contributed by atoms with Gasteiger partial charge in [0.15, 0.2) is 0 Å². The highest BCUT2D eigenvalue weighted by atomic mass is 35.5. The fourth-order valence-electron chi connectivity index (χ4n) is 3.38. The fourth-order valence-corrected chi connectivity index (χ4v) is 4.88. The summed E-state index contributed by atoms with van der Waals surface area (Å²) in [6.45, 7) is 3.51. The number of sulfonamides is 1. The predicted molar refractivity (Wildman–Crippen MR) is 130 cm³/mol. The zero-order chi connectivity index (χ0) is 24.0. The van der Waals surface area contributed by atoms with E-state index in [0.29, 0.717) is 5.02 Å². The summed E-state index contributed by atoms with van der Waals surface area (Å²) in [6, 6.07) is 20.5. The summed E-state index contributed by atoms with van der Waals surface area (Å²) >= 11 is 5.93. The van der Waals surface area contributed by atoms with Gasteiger partial charge in [-0.05, 0) is 66.9 Å². The first-order chi connectivity index (χ1) is 15.7. The molecule has 8 heteroatoms. The Morgan fingerprint density at radius 2 is 1.67 bits per heavy atom. The molecule has 0 bridgehead atoms. The highest BCUT2D eigenvalue weighted by molar-refractivity contribution is 7.89. The lowest BCUT2D eigenvalue weighted by atomic mass is 10.1. The molecule has 3 rings (SSSR count). The van der Waals surface area contributed by atoms with Crippen molar-refractivity contribution in [1.82, 2.24) is 9.62 Å². The number of nitrogens with zero attached hydrogens (tertiary/aromatic N) is 1. The molecule has 0 fully saturated rings. The molecule has 0 aliphatic heterocycles. The summed E-state index contributed by atoms with van der Waals surface area (Å²) in [5.74, 6) is 0.320. The molecule has 0 heterocycles. The van der Waals surface area contributed by atoms with Gasteiger partial charge >= 0.3 is 0 Å². The predicted octanol–water partition coefficient (Wildman–Crippen LogP) is 4.73. The summed E-state index contributed by atoms with van der Waals surface area (Å²) in [6.07, 6.45) is 0. The number of halogens is 1. The monoisotopic (exact) mass is 486 g/mol. The van der Waals surface area contributed by atoms with E-state index in [1.807, 2.05) is 62.4 Å². The Morgan fingerprint density at radius 1 is 1.03 bits per heavy atom. The van der Waals surface area contributed by atoms with Gasteiger partial charge in [-0.1, -0.05) is 48.0 Å². The first kappa shape index (κ1) is 24.8. The second-order valence-corrected chi connectivity index (χ2v) is 10.1. The molecule has 174 valence electrons. The van der Waals surface area contributed by atoms with E-state index in [1.165, 1.54) is 28.6 Å². The van der Waals surface area contributed by atoms with E-state index in [4.69, 9.17) is 16.3 Å². The van der Waals surface area contributed by atoms with Crippen molar-refractivity contribution in [1.29, 1.82) is 0 Å². The van der Waals surface area contributed by atoms with Crippen molar-refractivity contribution < 1.29 is 17.9 Å². The van der Waals surface area contributed by atoms with Gasteiger partial charge in [0.25, 0.3) is 0 Å². The Hall–Kier alpha value is -2.87. The lowest BCUT2D eigenvalue weighted by molar-refractivity contribution is -0.122. The average molecular weight is 487 g/mol. The van der Waals surface area contributed by atoms with Gasteiger partial charge in [-0.3, -0.25) is 4.79 Å². The Morgan fingerprint density at radius 3 is 2.27 bits per heavy atom. The van der Waals surface area contributed by atoms with E-state index in [2.05, 4.69) is 5.32 Å². The number of rotatable bonds is 9. The molecule has 33 heavy (non-hydrogen) atoms. The van der Waals surface area contributed by atoms with Crippen LogP contribution in [0, 0.1) is 6.92 Å². The Kier molecular flexibility index (Phi) is 8.13. The Balaban J connectivity index is 1.83. The maximum Gasteiger partial charge on any atom is 0.243 e. The van der Waals surface area contributed by atoms with Crippen LogP contribution in [0.15, 0.2) is 77.7 Å². The van der Waals surface area contributed by atoms with Crippen LogP contribution < -0.4 is 10.1 Å². The third-order valence-corrected chi connectivity index (χ3v) is 7.43. The normalized spacial score (nSPS) is 12.4. The first-order valence-electron chi connectivity index (χ1n) is 10.4. The van der Waals surface area contributed by atoms with Crippen LogP contribution in [0.4, 0.5) is 0 Å². The van der Waals surface area contributed by atoms with Gasteiger partial charge in [-0.2, -0.15) is 4.31 Å². The van der Waals surface area contributed by atoms with Crippen molar-refractivity contribution in [3.63, 3.8) is 0 Å². The molecule has 6 nitrogen and oxygen atoms in total. The summed E-state index contributed by atoms with van der Waals surface area (Å²) in [7, 11) is -2.35. The van der Waals surface area contributed by atoms with Gasteiger partial charge in [0.2, 0.25) is 15.9 Å². The average Bonchev–Trinajstić information content (AvgIpc) is 2.80. The van der Waals surface area contributed by atoms with Crippen LogP contribution in [0.1, 0.15) is 29.7 Å². The number of carbonyl (C=O) groups is 1. The zero-order valence-corrected chi connectivity index (χ0v) is 20.4. The fraction of sp³-hybridized carbons (Fsp3) is 0.240. The molecule has 1 atom stereocenters. The minimum absolute atomic E-state index is 0.0714. The lowest BCUT2D eigenvalue weighted by Crippen LogP contribution is -2.41. The molecule has 0 aliphatic carbocycles. The molecule has 0 saturated carbocycles. The minimum Gasteiger partial charge on any atom is -0.497 e. The Bertz CT molecular complexity index is 1200. The molecule has 3 aromatic rings. The topological polar surface area (TPSA) is 75.7 Å². The number of carbonyl (C=O) groups excluding carboxylic acids is 1. The number of nitrogens with one attached hydrogen (secondary N) is 1. The van der Waals surface area contributed by atoms with Crippen molar-refractivity contribution >= 4 is 27.5 Å². The lowest BCUT2D eigenvalue weighted by Gasteiger charge is -2.24. The highest BCUT2D eigenvalue weighted by Gasteiger charge is 2.28. The van der Waals surface area contributed by atoms with Crippen molar-refractivity contribution in [2.45, 2.75) is 31.3 Å². The summed E-state index contributed by atoms with van der Waals surface area (Å²) in [5.41, 5.74) is 2.65. The van der Waals surface area contributed by atoms with Crippen LogP contribution in [-0.2, 0) is 21.4 Å². The molecular formula is C25H27ClN2O4S. The summed E-state index contributed by atoms with van der Waals surface area (Å²) in [5, 5.41) is 3.33. The number of benzene rings is 3. The molecule has 0 aromatic heterocycles. The Labute approximate surface area is 200 Å². The van der Waals surface area contributed by atoms with Crippen LogP contribution in [-0.4, -0.2) is 32.3 Å². The van der Waals surface area contributed by atoms with Crippen LogP contribution in [0.2, 0.25) is 5.02 Å². The van der Waals surface area contributed by atoms with Crippen molar-refractivity contribution in [2.75, 3.05) is 13.7 Å². The molecule has 0 unspecified atom stereocenters. The van der Waals surface area contributed by atoms with Gasteiger partial charge in [-0.15, -0.1) is 0 Å². The molecule has 0 aliphatic rings. The van der Waals surface area contributed by atoms with E-state index in [1.54, 1.807) is 7.11 Å². The number of aryl methyl sites for hydroxylation is 1. The second-order valence-electron chi connectivity index (χ2n) is 7.72. The molecule has 0 spiro atoms. The summed E-state index contributed by atoms with van der Waals surface area (Å²) < 4.78 is 33.2. The number of hydrogen-bond acceptors (Lipinski definition) is 4. The standard InChI is InChI=1S/C25H27ClN2O4S/c1-18-6-4-5-7-21(18)16-28(33(30,31)24-14-10-22(26)11-15-24)17-25(29)27-19(2)20-8-12-23(32-3)13-9-20/h4-15,19H,16-17H2,1-3H3,(H,27,29)/t19-/m0/s1. The van der Waals surface area contributed by atoms with Crippen LogP contribution in [0.3, 0.4) is 0 Å². The van der Waals surface area contributed by atoms with E-state index >= 15 is 0 Å². The van der Waals surface area contributed by atoms with Crippen LogP contribution in [0.5, 0.6) is 5.75 Å². The highest BCUT2D eigenvalue weighted by Crippen LogP contribution is 2.22. The molecular weight excluding hydrogens is 460 g/mol. The van der Waals surface area contributed by atoms with Crippen molar-refractivity contribution in [2.24, 2.45) is 0 Å². The minimum atomic E-state index is -3.94. The molecule has 0 radical (unpaired) electrons. The molecule has 1 amide bonds. The van der Waals surface area contributed by atoms with Crippen molar-refractivity contribution in [3.05, 3.63) is 94.5 Å². The van der Waals surface area contributed by atoms with E-state index in [0.717, 1.165) is 22.4 Å². The number of hydrogen-bond donors (Lipinski definition) is 1. The van der Waals surface area contributed by atoms with Gasteiger partial charge in [0, 0.05) is 11.6 Å². The molecule has 0 saturated heterocycles. The number of methoxy groups -OCH3 is 1. The molecule has 3 aromatic carbocycles. The van der Waals surface area contributed by atoms with Crippen LogP contribution in [0.25, 0.3) is 0 Å². The smallest absolute Gasteiger partial charge is 0.243 e. The van der Waals surface area contributed by atoms with Gasteiger partial charge in [-0.25, -0.2) is 8.42 Å². The van der Waals surface area contributed by atoms with Gasteiger partial charge in [0.05, 0.1) is 24.6 Å². The van der Waals surface area contributed by atoms with Gasteiger partial charge in [0.1, 0.15) is 5.75 Å². The number of amides is 1. The first-order valence-corrected chi connectivity index (χ1v) is 12.3. The summed E-state index contributed by atoms with van der Waals surface area (Å²) in [4.78, 5) is 13.0. The number of ether oxygens (including phenoxy) is 1. The maximum atomic E-state index is 13.4. The largest absolute Gasteiger partial charge is 0.497 e. The quantitative estimate of drug-likeness (QED) is 0.474.